The van der Waals surface area contributed by atoms with Crippen LogP contribution >= 0.6 is 0 Å². The number of oxazole rings is 1. The zero-order chi connectivity index (χ0) is 13.5. The minimum Gasteiger partial charge on any atom is -0.442 e. The number of aryl methyl sites for hydroxylation is 1. The van der Waals surface area contributed by atoms with Gasteiger partial charge in [-0.2, -0.15) is 0 Å². The lowest BCUT2D eigenvalue weighted by molar-refractivity contribution is 0.511. The largest absolute Gasteiger partial charge is 0.442 e. The topological polar surface area (TPSA) is 38.4 Å². The van der Waals surface area contributed by atoms with E-state index < -0.39 is 0 Å². The lowest BCUT2D eigenvalue weighted by Gasteiger charge is -1.97. The molecule has 1 aromatic carbocycles. The highest BCUT2D eigenvalue weighted by Crippen LogP contribution is 2.16. The molecule has 3 heteroatoms. The van der Waals surface area contributed by atoms with Crippen molar-refractivity contribution in [2.45, 2.75) is 26.8 Å². The molecule has 0 N–H and O–H groups in total. The van der Waals surface area contributed by atoms with E-state index in [0.29, 0.717) is 12.4 Å². The Kier molecular flexibility index (Phi) is 4.67. The second-order valence-corrected chi connectivity index (χ2v) is 4.30. The zero-order valence-corrected chi connectivity index (χ0v) is 11.3. The Labute approximate surface area is 113 Å². The Morgan fingerprint density at radius 1 is 1.32 bits per heavy atom. The molecule has 2 rings (SSSR count). The summed E-state index contributed by atoms with van der Waals surface area (Å²) in [5.41, 5.74) is 2.27. The summed E-state index contributed by atoms with van der Waals surface area (Å²) in [6.07, 6.45) is 6.40. The van der Waals surface area contributed by atoms with Crippen molar-refractivity contribution in [1.82, 2.24) is 4.98 Å². The Bertz CT molecular complexity index is 567. The number of hydrogen-bond donors (Lipinski definition) is 0. The average Bonchev–Trinajstić information content (AvgIpc) is 2.86. The molecule has 0 fully saturated rings. The Morgan fingerprint density at radius 3 is 2.74 bits per heavy atom. The van der Waals surface area contributed by atoms with E-state index in [2.05, 4.69) is 29.0 Å². The van der Waals surface area contributed by atoms with Gasteiger partial charge in [0.1, 0.15) is 5.76 Å². The molecule has 0 radical (unpaired) electrons. The predicted molar refractivity (Wildman–Crippen MR) is 78.1 cm³/mol. The maximum Gasteiger partial charge on any atom is 0.222 e. The minimum absolute atomic E-state index is 0.686. The Balaban J connectivity index is 2.00. The van der Waals surface area contributed by atoms with E-state index in [-0.39, 0.29) is 0 Å². The number of aromatic nitrogens is 1. The third kappa shape index (κ3) is 3.91. The van der Waals surface area contributed by atoms with Gasteiger partial charge in [-0.25, -0.2) is 4.98 Å². The monoisotopic (exact) mass is 254 g/mol. The van der Waals surface area contributed by atoms with Crippen molar-refractivity contribution in [1.29, 1.82) is 0 Å². The fourth-order valence-corrected chi connectivity index (χ4v) is 1.73. The molecule has 0 saturated heterocycles. The fraction of sp³-hybridized carbons (Fsp3) is 0.250. The maximum absolute atomic E-state index is 5.51. The van der Waals surface area contributed by atoms with Crippen molar-refractivity contribution in [3.05, 3.63) is 59.8 Å². The molecule has 0 bridgehead atoms. The molecule has 0 saturated carbocycles. The first kappa shape index (κ1) is 13.3. The van der Waals surface area contributed by atoms with Crippen LogP contribution in [0.5, 0.6) is 0 Å². The summed E-state index contributed by atoms with van der Waals surface area (Å²) in [7, 11) is 0. The third-order valence-corrected chi connectivity index (χ3v) is 2.77. The molecule has 0 atom stereocenters. The zero-order valence-electron chi connectivity index (χ0n) is 11.3. The molecule has 1 heterocycles. The van der Waals surface area contributed by atoms with E-state index in [4.69, 9.17) is 4.42 Å². The molecule has 98 valence electrons. The second kappa shape index (κ2) is 6.69. The van der Waals surface area contributed by atoms with E-state index in [1.807, 2.05) is 37.4 Å². The lowest BCUT2D eigenvalue weighted by atomic mass is 10.2. The van der Waals surface area contributed by atoms with Gasteiger partial charge in [0, 0.05) is 11.8 Å². The summed E-state index contributed by atoms with van der Waals surface area (Å²) in [4.78, 5) is 8.62. The highest BCUT2D eigenvalue weighted by molar-refractivity contribution is 5.82. The van der Waals surface area contributed by atoms with Crippen molar-refractivity contribution in [2.24, 2.45) is 4.99 Å². The number of nitrogens with zero attached hydrogens (tertiary/aromatic N) is 2. The van der Waals surface area contributed by atoms with Crippen LogP contribution in [-0.2, 0) is 6.54 Å². The van der Waals surface area contributed by atoms with Gasteiger partial charge in [0.25, 0.3) is 0 Å². The molecule has 2 aromatic rings. The SMILES string of the molecule is CC/C(=C\C=NCc1ccccc1)c1ncc(C)o1. The van der Waals surface area contributed by atoms with E-state index in [1.165, 1.54) is 5.56 Å². The average molecular weight is 254 g/mol. The van der Waals surface area contributed by atoms with Crippen molar-refractivity contribution in [2.75, 3.05) is 0 Å². The van der Waals surface area contributed by atoms with Crippen LogP contribution < -0.4 is 0 Å². The van der Waals surface area contributed by atoms with Crippen LogP contribution in [0.25, 0.3) is 5.57 Å². The van der Waals surface area contributed by atoms with Crippen LogP contribution in [0.15, 0.2) is 52.0 Å². The van der Waals surface area contributed by atoms with Crippen molar-refractivity contribution in [3.8, 4) is 0 Å². The van der Waals surface area contributed by atoms with Gasteiger partial charge >= 0.3 is 0 Å². The third-order valence-electron chi connectivity index (χ3n) is 2.77. The van der Waals surface area contributed by atoms with Gasteiger partial charge in [0.05, 0.1) is 12.7 Å². The number of aliphatic imine (C=N–C) groups is 1. The standard InChI is InChI=1S/C16H18N2O/c1-3-15(16-18-11-13(2)19-16)9-10-17-12-14-7-5-4-6-8-14/h4-11H,3,12H2,1-2H3/b15-9+,17-10?. The van der Waals surface area contributed by atoms with Gasteiger partial charge in [-0.1, -0.05) is 37.3 Å². The van der Waals surface area contributed by atoms with Crippen molar-refractivity contribution in [3.63, 3.8) is 0 Å². The molecule has 3 nitrogen and oxygen atoms in total. The Morgan fingerprint density at radius 2 is 2.11 bits per heavy atom. The van der Waals surface area contributed by atoms with E-state index in [1.54, 1.807) is 6.20 Å². The fourth-order valence-electron chi connectivity index (χ4n) is 1.73. The highest BCUT2D eigenvalue weighted by atomic mass is 16.4. The van der Waals surface area contributed by atoms with Gasteiger partial charge in [0.15, 0.2) is 0 Å². The van der Waals surface area contributed by atoms with Gasteiger partial charge in [-0.3, -0.25) is 4.99 Å². The number of hydrogen-bond acceptors (Lipinski definition) is 3. The van der Waals surface area contributed by atoms with Crippen molar-refractivity contribution < 1.29 is 4.42 Å². The van der Waals surface area contributed by atoms with Gasteiger partial charge < -0.3 is 4.42 Å². The van der Waals surface area contributed by atoms with Crippen LogP contribution in [0.3, 0.4) is 0 Å². The first-order valence-electron chi connectivity index (χ1n) is 6.45. The Hall–Kier alpha value is -2.16. The molecule has 0 unspecified atom stereocenters. The quantitative estimate of drug-likeness (QED) is 0.755. The summed E-state index contributed by atoms with van der Waals surface area (Å²) in [6.45, 7) is 4.67. The molecule has 1 aromatic heterocycles. The summed E-state index contributed by atoms with van der Waals surface area (Å²) in [5.74, 6) is 1.52. The predicted octanol–water partition coefficient (Wildman–Crippen LogP) is 4.05. The van der Waals surface area contributed by atoms with Crippen LogP contribution in [0.2, 0.25) is 0 Å². The van der Waals surface area contributed by atoms with Gasteiger partial charge in [0.2, 0.25) is 5.89 Å². The van der Waals surface area contributed by atoms with E-state index >= 15 is 0 Å². The molecular weight excluding hydrogens is 236 g/mol. The van der Waals surface area contributed by atoms with Crippen LogP contribution in [0, 0.1) is 6.92 Å². The molecule has 0 aliphatic heterocycles. The van der Waals surface area contributed by atoms with Gasteiger partial charge in [-0.15, -0.1) is 0 Å². The van der Waals surface area contributed by atoms with Crippen LogP contribution in [0.4, 0.5) is 0 Å². The van der Waals surface area contributed by atoms with E-state index in [0.717, 1.165) is 17.8 Å². The second-order valence-electron chi connectivity index (χ2n) is 4.30. The lowest BCUT2D eigenvalue weighted by Crippen LogP contribution is -1.84. The van der Waals surface area contributed by atoms with Crippen LogP contribution in [0.1, 0.15) is 30.6 Å². The molecule has 0 aliphatic carbocycles. The summed E-state index contributed by atoms with van der Waals surface area (Å²) < 4.78 is 5.51. The number of rotatable bonds is 5. The van der Waals surface area contributed by atoms with Gasteiger partial charge in [-0.05, 0) is 25.0 Å². The van der Waals surface area contributed by atoms with Crippen LogP contribution in [-0.4, -0.2) is 11.2 Å². The summed E-state index contributed by atoms with van der Waals surface area (Å²) in [5, 5.41) is 0. The van der Waals surface area contributed by atoms with Crippen molar-refractivity contribution >= 4 is 11.8 Å². The normalized spacial score (nSPS) is 12.2. The summed E-state index contributed by atoms with van der Waals surface area (Å²) >= 11 is 0. The maximum atomic E-state index is 5.51. The molecule has 0 spiro atoms. The molecule has 19 heavy (non-hydrogen) atoms. The molecule has 0 amide bonds. The number of allylic oxidation sites excluding steroid dienone is 2. The first-order valence-corrected chi connectivity index (χ1v) is 6.45. The molecule has 0 aliphatic rings. The highest BCUT2D eigenvalue weighted by Gasteiger charge is 2.04. The van der Waals surface area contributed by atoms with E-state index in [9.17, 15) is 0 Å². The minimum atomic E-state index is 0.686. The smallest absolute Gasteiger partial charge is 0.222 e. The first-order chi connectivity index (χ1) is 9.29. The molecular formula is C16H18N2O. The number of benzene rings is 1. The summed E-state index contributed by atoms with van der Waals surface area (Å²) in [6, 6.07) is 10.2.